The molecule has 1 aliphatic rings. The number of halogens is 1. The fourth-order valence-electron chi connectivity index (χ4n) is 2.27. The average molecular weight is 271 g/mol. The molecule has 1 fully saturated rings. The van der Waals surface area contributed by atoms with Crippen LogP contribution in [0.3, 0.4) is 0 Å². The Hall–Kier alpha value is -0.770. The molecule has 1 heterocycles. The van der Waals surface area contributed by atoms with Crippen LogP contribution in [0.4, 0.5) is 0 Å². The zero-order valence-electron chi connectivity index (χ0n) is 10.5. The third kappa shape index (κ3) is 3.61. The highest BCUT2D eigenvalue weighted by Crippen LogP contribution is 2.24. The van der Waals surface area contributed by atoms with Crippen LogP contribution in [0.5, 0.6) is 5.75 Å². The SMILES string of the molecule is CC(Oc1cccc(Cl)c1)C(O)C1CCOCC1. The van der Waals surface area contributed by atoms with Gasteiger partial charge in [-0.1, -0.05) is 17.7 Å². The topological polar surface area (TPSA) is 38.7 Å². The van der Waals surface area contributed by atoms with Crippen molar-refractivity contribution in [2.45, 2.75) is 32.0 Å². The number of hydrogen-bond acceptors (Lipinski definition) is 3. The summed E-state index contributed by atoms with van der Waals surface area (Å²) in [6.07, 6.45) is 1.08. The first-order valence-corrected chi connectivity index (χ1v) is 6.72. The first-order chi connectivity index (χ1) is 8.66. The van der Waals surface area contributed by atoms with E-state index in [0.717, 1.165) is 26.1 Å². The van der Waals surface area contributed by atoms with Crippen LogP contribution < -0.4 is 4.74 Å². The van der Waals surface area contributed by atoms with Gasteiger partial charge in [0.2, 0.25) is 0 Å². The van der Waals surface area contributed by atoms with Gasteiger partial charge < -0.3 is 14.6 Å². The molecule has 1 N–H and O–H groups in total. The number of ether oxygens (including phenoxy) is 2. The molecule has 0 amide bonds. The van der Waals surface area contributed by atoms with E-state index in [1.54, 1.807) is 12.1 Å². The molecule has 1 aliphatic heterocycles. The van der Waals surface area contributed by atoms with Gasteiger partial charge in [-0.25, -0.2) is 0 Å². The van der Waals surface area contributed by atoms with Gasteiger partial charge in [-0.15, -0.1) is 0 Å². The van der Waals surface area contributed by atoms with E-state index in [0.29, 0.717) is 10.8 Å². The van der Waals surface area contributed by atoms with Gasteiger partial charge in [0.05, 0.1) is 6.10 Å². The lowest BCUT2D eigenvalue weighted by molar-refractivity contribution is -0.0379. The van der Waals surface area contributed by atoms with E-state index in [9.17, 15) is 5.11 Å². The summed E-state index contributed by atoms with van der Waals surface area (Å²) in [6.45, 7) is 3.35. The predicted molar refractivity (Wildman–Crippen MR) is 71.1 cm³/mol. The molecule has 1 aromatic carbocycles. The van der Waals surface area contributed by atoms with E-state index < -0.39 is 6.10 Å². The predicted octanol–water partition coefficient (Wildman–Crippen LogP) is 2.89. The van der Waals surface area contributed by atoms with Crippen LogP contribution in [0, 0.1) is 5.92 Å². The van der Waals surface area contributed by atoms with Crippen LogP contribution in [0.15, 0.2) is 24.3 Å². The number of hydrogen-bond donors (Lipinski definition) is 1. The first-order valence-electron chi connectivity index (χ1n) is 6.35. The Kier molecular flexibility index (Phi) is 4.87. The Morgan fingerprint density at radius 2 is 2.11 bits per heavy atom. The second kappa shape index (κ2) is 6.41. The van der Waals surface area contributed by atoms with Crippen molar-refractivity contribution >= 4 is 11.6 Å². The zero-order valence-corrected chi connectivity index (χ0v) is 11.3. The van der Waals surface area contributed by atoms with Gasteiger partial charge in [-0.2, -0.15) is 0 Å². The summed E-state index contributed by atoms with van der Waals surface area (Å²) in [5.41, 5.74) is 0. The summed E-state index contributed by atoms with van der Waals surface area (Å²) in [6, 6.07) is 7.24. The van der Waals surface area contributed by atoms with Gasteiger partial charge in [0, 0.05) is 18.2 Å². The quantitative estimate of drug-likeness (QED) is 0.914. The van der Waals surface area contributed by atoms with E-state index in [4.69, 9.17) is 21.1 Å². The average Bonchev–Trinajstić information content (AvgIpc) is 2.39. The lowest BCUT2D eigenvalue weighted by Crippen LogP contribution is -2.38. The maximum absolute atomic E-state index is 10.3. The highest BCUT2D eigenvalue weighted by Gasteiger charge is 2.27. The highest BCUT2D eigenvalue weighted by atomic mass is 35.5. The molecule has 2 unspecified atom stereocenters. The monoisotopic (exact) mass is 270 g/mol. The Bertz CT molecular complexity index is 377. The minimum absolute atomic E-state index is 0.244. The molecule has 0 bridgehead atoms. The lowest BCUT2D eigenvalue weighted by atomic mass is 9.91. The fourth-order valence-corrected chi connectivity index (χ4v) is 2.45. The van der Waals surface area contributed by atoms with Crippen molar-refractivity contribution in [1.82, 2.24) is 0 Å². The number of aliphatic hydroxyl groups is 1. The Labute approximate surface area is 113 Å². The molecule has 2 rings (SSSR count). The number of aliphatic hydroxyl groups excluding tert-OH is 1. The fraction of sp³-hybridized carbons (Fsp3) is 0.571. The van der Waals surface area contributed by atoms with Gasteiger partial charge in [0.25, 0.3) is 0 Å². The largest absolute Gasteiger partial charge is 0.488 e. The van der Waals surface area contributed by atoms with Crippen LogP contribution >= 0.6 is 11.6 Å². The summed E-state index contributed by atoms with van der Waals surface area (Å²) in [7, 11) is 0. The molecule has 1 saturated heterocycles. The molecule has 0 radical (unpaired) electrons. The van der Waals surface area contributed by atoms with Gasteiger partial charge in [-0.3, -0.25) is 0 Å². The Morgan fingerprint density at radius 1 is 1.39 bits per heavy atom. The molecule has 18 heavy (non-hydrogen) atoms. The van der Waals surface area contributed by atoms with Gasteiger partial charge in [0.1, 0.15) is 11.9 Å². The molecule has 1 aromatic rings. The maximum atomic E-state index is 10.3. The van der Waals surface area contributed by atoms with Crippen LogP contribution in [0.1, 0.15) is 19.8 Å². The van der Waals surface area contributed by atoms with Gasteiger partial charge >= 0.3 is 0 Å². The molecular weight excluding hydrogens is 252 g/mol. The van der Waals surface area contributed by atoms with Crippen LogP contribution in [-0.2, 0) is 4.74 Å². The van der Waals surface area contributed by atoms with Crippen LogP contribution in [-0.4, -0.2) is 30.5 Å². The summed E-state index contributed by atoms with van der Waals surface area (Å²) in [5, 5.41) is 10.9. The summed E-state index contributed by atoms with van der Waals surface area (Å²) < 4.78 is 11.0. The van der Waals surface area contributed by atoms with E-state index in [2.05, 4.69) is 0 Å². The van der Waals surface area contributed by atoms with E-state index in [-0.39, 0.29) is 12.0 Å². The Balaban J connectivity index is 1.92. The van der Waals surface area contributed by atoms with Crippen molar-refractivity contribution in [3.63, 3.8) is 0 Å². The van der Waals surface area contributed by atoms with Crippen molar-refractivity contribution in [2.75, 3.05) is 13.2 Å². The molecular formula is C14H19ClO3. The minimum Gasteiger partial charge on any atom is -0.488 e. The van der Waals surface area contributed by atoms with Gasteiger partial charge in [0.15, 0.2) is 0 Å². The van der Waals surface area contributed by atoms with Crippen LogP contribution in [0.25, 0.3) is 0 Å². The molecule has 0 aromatic heterocycles. The summed E-state index contributed by atoms with van der Waals surface area (Å²) >= 11 is 5.90. The second-order valence-electron chi connectivity index (χ2n) is 4.72. The van der Waals surface area contributed by atoms with Crippen molar-refractivity contribution in [1.29, 1.82) is 0 Å². The third-order valence-corrected chi connectivity index (χ3v) is 3.58. The second-order valence-corrected chi connectivity index (χ2v) is 5.16. The number of benzene rings is 1. The summed E-state index contributed by atoms with van der Waals surface area (Å²) in [5.74, 6) is 0.953. The molecule has 0 aliphatic carbocycles. The molecule has 0 saturated carbocycles. The lowest BCUT2D eigenvalue weighted by Gasteiger charge is -2.30. The molecule has 100 valence electrons. The van der Waals surface area contributed by atoms with Crippen molar-refractivity contribution in [3.05, 3.63) is 29.3 Å². The normalized spacial score (nSPS) is 20.4. The highest BCUT2D eigenvalue weighted by molar-refractivity contribution is 6.30. The molecule has 2 atom stereocenters. The van der Waals surface area contributed by atoms with Crippen molar-refractivity contribution < 1.29 is 14.6 Å². The van der Waals surface area contributed by atoms with Crippen LogP contribution in [0.2, 0.25) is 5.02 Å². The molecule has 0 spiro atoms. The van der Waals surface area contributed by atoms with E-state index >= 15 is 0 Å². The van der Waals surface area contributed by atoms with Gasteiger partial charge in [-0.05, 0) is 43.9 Å². The standard InChI is InChI=1S/C14H19ClO3/c1-10(14(16)11-5-7-17-8-6-11)18-13-4-2-3-12(15)9-13/h2-4,9-11,14,16H,5-8H2,1H3. The molecule has 4 heteroatoms. The Morgan fingerprint density at radius 3 is 2.78 bits per heavy atom. The summed E-state index contributed by atoms with van der Waals surface area (Å²) in [4.78, 5) is 0. The first kappa shape index (κ1) is 13.7. The smallest absolute Gasteiger partial charge is 0.122 e. The van der Waals surface area contributed by atoms with Crippen molar-refractivity contribution in [2.24, 2.45) is 5.92 Å². The van der Waals surface area contributed by atoms with Crippen molar-refractivity contribution in [3.8, 4) is 5.75 Å². The third-order valence-electron chi connectivity index (χ3n) is 3.35. The minimum atomic E-state index is -0.465. The number of rotatable bonds is 4. The zero-order chi connectivity index (χ0) is 13.0. The maximum Gasteiger partial charge on any atom is 0.122 e. The van der Waals surface area contributed by atoms with E-state index in [1.807, 2.05) is 19.1 Å². The molecule has 3 nitrogen and oxygen atoms in total. The van der Waals surface area contributed by atoms with E-state index in [1.165, 1.54) is 0 Å².